The number of amides is 2. The van der Waals surface area contributed by atoms with Gasteiger partial charge in [0, 0.05) is 12.2 Å². The minimum Gasteiger partial charge on any atom is -0.457 e. The standard InChI is InChI=1S/C24H23FN2O3S/c1-17-2-8-20(9-3-17)27-24(29)16-31-15-23(28)26-14-18-4-10-21(11-5-18)30-22-12-6-19(25)7-13-22/h2-13H,14-16H2,1H3,(H,26,28)(H,27,29). The first kappa shape index (κ1) is 22.4. The zero-order valence-corrected chi connectivity index (χ0v) is 17.9. The maximum Gasteiger partial charge on any atom is 0.234 e. The normalized spacial score (nSPS) is 10.4. The number of rotatable bonds is 9. The van der Waals surface area contributed by atoms with E-state index in [1.165, 1.54) is 23.9 Å². The van der Waals surface area contributed by atoms with Gasteiger partial charge in [-0.2, -0.15) is 0 Å². The second-order valence-corrected chi connectivity index (χ2v) is 7.87. The van der Waals surface area contributed by atoms with E-state index < -0.39 is 0 Å². The van der Waals surface area contributed by atoms with Gasteiger partial charge in [-0.05, 0) is 61.0 Å². The Kier molecular flexibility index (Phi) is 8.06. The Morgan fingerprint density at radius 2 is 1.42 bits per heavy atom. The van der Waals surface area contributed by atoms with E-state index in [1.54, 1.807) is 24.3 Å². The molecular formula is C24H23FN2O3S. The van der Waals surface area contributed by atoms with Crippen LogP contribution >= 0.6 is 11.8 Å². The van der Waals surface area contributed by atoms with E-state index in [4.69, 9.17) is 4.74 Å². The number of anilines is 1. The van der Waals surface area contributed by atoms with Crippen molar-refractivity contribution in [3.63, 3.8) is 0 Å². The van der Waals surface area contributed by atoms with Crippen molar-refractivity contribution < 1.29 is 18.7 Å². The van der Waals surface area contributed by atoms with E-state index in [0.29, 0.717) is 18.0 Å². The lowest BCUT2D eigenvalue weighted by Gasteiger charge is -2.08. The quantitative estimate of drug-likeness (QED) is 0.498. The van der Waals surface area contributed by atoms with Crippen LogP contribution in [-0.4, -0.2) is 23.3 Å². The molecule has 3 rings (SSSR count). The van der Waals surface area contributed by atoms with Gasteiger partial charge in [0.2, 0.25) is 11.8 Å². The molecule has 0 spiro atoms. The SMILES string of the molecule is Cc1ccc(NC(=O)CSCC(=O)NCc2ccc(Oc3ccc(F)cc3)cc2)cc1. The van der Waals surface area contributed by atoms with E-state index in [-0.39, 0.29) is 29.1 Å². The molecule has 160 valence electrons. The summed E-state index contributed by atoms with van der Waals surface area (Å²) in [7, 11) is 0. The number of nitrogens with one attached hydrogen (secondary N) is 2. The number of aryl methyl sites for hydroxylation is 1. The highest BCUT2D eigenvalue weighted by molar-refractivity contribution is 8.00. The van der Waals surface area contributed by atoms with Crippen molar-refractivity contribution in [1.29, 1.82) is 0 Å². The molecule has 3 aromatic carbocycles. The molecule has 0 radical (unpaired) electrons. The van der Waals surface area contributed by atoms with Crippen LogP contribution in [0.25, 0.3) is 0 Å². The summed E-state index contributed by atoms with van der Waals surface area (Å²) in [6, 6.07) is 20.6. The summed E-state index contributed by atoms with van der Waals surface area (Å²) in [5.74, 6) is 0.980. The van der Waals surface area contributed by atoms with Crippen LogP contribution in [0.4, 0.5) is 10.1 Å². The van der Waals surface area contributed by atoms with Gasteiger partial charge < -0.3 is 15.4 Å². The zero-order chi connectivity index (χ0) is 22.1. The summed E-state index contributed by atoms with van der Waals surface area (Å²) in [5, 5.41) is 5.63. The van der Waals surface area contributed by atoms with Crippen LogP contribution in [-0.2, 0) is 16.1 Å². The largest absolute Gasteiger partial charge is 0.457 e. The molecule has 2 amide bonds. The molecule has 3 aromatic rings. The topological polar surface area (TPSA) is 67.4 Å². The van der Waals surface area contributed by atoms with Crippen LogP contribution in [0.2, 0.25) is 0 Å². The molecule has 31 heavy (non-hydrogen) atoms. The van der Waals surface area contributed by atoms with Crippen LogP contribution in [0.5, 0.6) is 11.5 Å². The monoisotopic (exact) mass is 438 g/mol. The molecule has 7 heteroatoms. The fourth-order valence-corrected chi connectivity index (χ4v) is 3.28. The Balaban J connectivity index is 1.34. The van der Waals surface area contributed by atoms with Crippen molar-refractivity contribution in [3.8, 4) is 11.5 Å². The third kappa shape index (κ3) is 7.79. The van der Waals surface area contributed by atoms with E-state index in [2.05, 4.69) is 10.6 Å². The van der Waals surface area contributed by atoms with Gasteiger partial charge in [-0.1, -0.05) is 29.8 Å². The molecule has 0 bridgehead atoms. The first-order chi connectivity index (χ1) is 15.0. The number of thioether (sulfide) groups is 1. The number of ether oxygens (including phenoxy) is 1. The number of halogens is 1. The second kappa shape index (κ2) is 11.2. The molecule has 0 aliphatic heterocycles. The summed E-state index contributed by atoms with van der Waals surface area (Å²) >= 11 is 1.26. The van der Waals surface area contributed by atoms with Gasteiger partial charge >= 0.3 is 0 Å². The van der Waals surface area contributed by atoms with Crippen molar-refractivity contribution >= 4 is 29.3 Å². The Morgan fingerprint density at radius 1 is 0.839 bits per heavy atom. The fourth-order valence-electron chi connectivity index (χ4n) is 2.64. The summed E-state index contributed by atoms with van der Waals surface area (Å²) in [6.07, 6.45) is 0. The average Bonchev–Trinajstić information content (AvgIpc) is 2.76. The van der Waals surface area contributed by atoms with Crippen molar-refractivity contribution in [2.24, 2.45) is 0 Å². The lowest BCUT2D eigenvalue weighted by molar-refractivity contribution is -0.118. The summed E-state index contributed by atoms with van der Waals surface area (Å²) < 4.78 is 18.6. The third-order valence-electron chi connectivity index (χ3n) is 4.26. The van der Waals surface area contributed by atoms with Gasteiger partial charge in [-0.25, -0.2) is 4.39 Å². The molecule has 0 saturated heterocycles. The van der Waals surface area contributed by atoms with Gasteiger partial charge in [0.05, 0.1) is 11.5 Å². The lowest BCUT2D eigenvalue weighted by atomic mass is 10.2. The highest BCUT2D eigenvalue weighted by Gasteiger charge is 2.07. The maximum atomic E-state index is 12.9. The lowest BCUT2D eigenvalue weighted by Crippen LogP contribution is -2.25. The molecule has 5 nitrogen and oxygen atoms in total. The molecule has 0 aliphatic rings. The maximum absolute atomic E-state index is 12.9. The zero-order valence-electron chi connectivity index (χ0n) is 17.1. The molecule has 0 fully saturated rings. The van der Waals surface area contributed by atoms with Crippen LogP contribution in [0.3, 0.4) is 0 Å². The Bertz CT molecular complexity index is 1010. The highest BCUT2D eigenvalue weighted by atomic mass is 32.2. The second-order valence-electron chi connectivity index (χ2n) is 6.88. The van der Waals surface area contributed by atoms with Crippen LogP contribution in [0, 0.1) is 12.7 Å². The van der Waals surface area contributed by atoms with Crippen molar-refractivity contribution in [2.75, 3.05) is 16.8 Å². The Morgan fingerprint density at radius 3 is 2.06 bits per heavy atom. The molecule has 2 N–H and O–H groups in total. The van der Waals surface area contributed by atoms with Gasteiger partial charge in [-0.15, -0.1) is 11.8 Å². The molecule has 0 aromatic heterocycles. The fraction of sp³-hybridized carbons (Fsp3) is 0.167. The number of hydrogen-bond acceptors (Lipinski definition) is 4. The highest BCUT2D eigenvalue weighted by Crippen LogP contribution is 2.21. The number of hydrogen-bond donors (Lipinski definition) is 2. The molecule has 0 aliphatic carbocycles. The molecular weight excluding hydrogens is 415 g/mol. The third-order valence-corrected chi connectivity index (χ3v) is 5.20. The number of benzene rings is 3. The van der Waals surface area contributed by atoms with Crippen LogP contribution in [0.1, 0.15) is 11.1 Å². The Labute approximate surface area is 185 Å². The first-order valence-electron chi connectivity index (χ1n) is 9.71. The van der Waals surface area contributed by atoms with Crippen molar-refractivity contribution in [1.82, 2.24) is 5.32 Å². The van der Waals surface area contributed by atoms with Gasteiger partial charge in [-0.3, -0.25) is 9.59 Å². The molecule has 0 unspecified atom stereocenters. The predicted molar refractivity (Wildman–Crippen MR) is 122 cm³/mol. The minimum atomic E-state index is -0.316. The number of carbonyl (C=O) groups is 2. The molecule has 0 saturated carbocycles. The first-order valence-corrected chi connectivity index (χ1v) is 10.9. The summed E-state index contributed by atoms with van der Waals surface area (Å²) in [4.78, 5) is 24.0. The van der Waals surface area contributed by atoms with Crippen LogP contribution < -0.4 is 15.4 Å². The van der Waals surface area contributed by atoms with Crippen LogP contribution in [0.15, 0.2) is 72.8 Å². The summed E-state index contributed by atoms with van der Waals surface area (Å²) in [6.45, 7) is 2.36. The average molecular weight is 439 g/mol. The van der Waals surface area contributed by atoms with Crippen molar-refractivity contribution in [2.45, 2.75) is 13.5 Å². The molecule has 0 atom stereocenters. The van der Waals surface area contributed by atoms with Gasteiger partial charge in [0.25, 0.3) is 0 Å². The van der Waals surface area contributed by atoms with Crippen molar-refractivity contribution in [3.05, 3.63) is 89.7 Å². The van der Waals surface area contributed by atoms with E-state index in [1.807, 2.05) is 43.3 Å². The van der Waals surface area contributed by atoms with E-state index in [0.717, 1.165) is 16.8 Å². The van der Waals surface area contributed by atoms with Gasteiger partial charge in [0.15, 0.2) is 0 Å². The number of carbonyl (C=O) groups excluding carboxylic acids is 2. The van der Waals surface area contributed by atoms with Gasteiger partial charge in [0.1, 0.15) is 17.3 Å². The smallest absolute Gasteiger partial charge is 0.234 e. The van der Waals surface area contributed by atoms with E-state index >= 15 is 0 Å². The minimum absolute atomic E-state index is 0.139. The molecule has 0 heterocycles. The van der Waals surface area contributed by atoms with E-state index in [9.17, 15) is 14.0 Å². The Hall–Kier alpha value is -3.32. The predicted octanol–water partition coefficient (Wildman–Crippen LogP) is 4.91. The summed E-state index contributed by atoms with van der Waals surface area (Å²) in [5.41, 5.74) is 2.79.